The number of anilines is 1. The van der Waals surface area contributed by atoms with E-state index in [0.29, 0.717) is 0 Å². The zero-order chi connectivity index (χ0) is 18.0. The fraction of sp³-hybridized carbons (Fsp3) is 0.200. The van der Waals surface area contributed by atoms with Gasteiger partial charge in [-0.25, -0.2) is 0 Å². The number of pyridine rings is 1. The predicted molar refractivity (Wildman–Crippen MR) is 104 cm³/mol. The summed E-state index contributed by atoms with van der Waals surface area (Å²) in [7, 11) is 4.04. The summed E-state index contributed by atoms with van der Waals surface area (Å²) in [6, 6.07) is 16.1. The first-order chi connectivity index (χ1) is 12.0. The highest BCUT2D eigenvalue weighted by atomic mass is 32.1. The lowest BCUT2D eigenvalue weighted by Crippen LogP contribution is -2.08. The number of carbonyl (C=O) groups excluding carboxylic acids is 1. The van der Waals surface area contributed by atoms with E-state index in [1.54, 1.807) is 0 Å². The van der Waals surface area contributed by atoms with Gasteiger partial charge in [-0.15, -0.1) is 0 Å². The second kappa shape index (κ2) is 7.07. The summed E-state index contributed by atoms with van der Waals surface area (Å²) in [6.07, 6.45) is 1.97. The molecule has 0 N–H and O–H groups in total. The molecule has 0 radical (unpaired) electrons. The maximum Gasteiger partial charge on any atom is 0.302 e. The van der Waals surface area contributed by atoms with Gasteiger partial charge >= 0.3 is 5.97 Å². The third-order valence-corrected chi connectivity index (χ3v) is 4.50. The minimum absolute atomic E-state index is 0.227. The fourth-order valence-corrected chi connectivity index (χ4v) is 3.10. The van der Waals surface area contributed by atoms with Gasteiger partial charge in [-0.05, 0) is 35.7 Å². The van der Waals surface area contributed by atoms with E-state index in [4.69, 9.17) is 17.0 Å². The van der Waals surface area contributed by atoms with Crippen molar-refractivity contribution in [3.05, 3.63) is 64.9 Å². The van der Waals surface area contributed by atoms with E-state index < -0.39 is 0 Å². The standard InChI is InChI=1S/C20H20N2O2S/c1-14(23)24-13-16-6-4-5-7-19(16)22-11-10-15-12-17(21(2)3)8-9-18(15)20(22)25/h4-12H,13H2,1-3H3. The summed E-state index contributed by atoms with van der Waals surface area (Å²) in [4.78, 5) is 13.2. The molecule has 128 valence electrons. The van der Waals surface area contributed by atoms with E-state index in [1.165, 1.54) is 6.92 Å². The van der Waals surface area contributed by atoms with Crippen molar-refractivity contribution in [3.63, 3.8) is 0 Å². The SMILES string of the molecule is CC(=O)OCc1ccccc1-n1ccc2cc(N(C)C)ccc2c1=S. The largest absolute Gasteiger partial charge is 0.461 e. The Kier molecular flexibility index (Phi) is 4.86. The lowest BCUT2D eigenvalue weighted by Gasteiger charge is -2.16. The van der Waals surface area contributed by atoms with Crippen LogP contribution in [0, 0.1) is 4.64 Å². The highest BCUT2D eigenvalue weighted by Gasteiger charge is 2.08. The highest BCUT2D eigenvalue weighted by molar-refractivity contribution is 7.71. The molecule has 0 unspecified atom stereocenters. The van der Waals surface area contributed by atoms with Crippen molar-refractivity contribution in [2.75, 3.05) is 19.0 Å². The Hall–Kier alpha value is -2.66. The molecular formula is C20H20N2O2S. The molecule has 1 aromatic heterocycles. The van der Waals surface area contributed by atoms with E-state index >= 15 is 0 Å². The maximum absolute atomic E-state index is 11.1. The lowest BCUT2D eigenvalue weighted by atomic mass is 10.1. The van der Waals surface area contributed by atoms with Gasteiger partial charge in [-0.2, -0.15) is 0 Å². The van der Waals surface area contributed by atoms with Crippen molar-refractivity contribution in [3.8, 4) is 5.69 Å². The van der Waals surface area contributed by atoms with Crippen LogP contribution in [0.15, 0.2) is 54.7 Å². The zero-order valence-electron chi connectivity index (χ0n) is 14.5. The lowest BCUT2D eigenvalue weighted by molar-refractivity contribution is -0.142. The fourth-order valence-electron chi connectivity index (χ4n) is 2.75. The van der Waals surface area contributed by atoms with Gasteiger partial charge in [0.05, 0.1) is 5.69 Å². The van der Waals surface area contributed by atoms with Crippen molar-refractivity contribution >= 4 is 34.6 Å². The van der Waals surface area contributed by atoms with Crippen LogP contribution in [0.2, 0.25) is 0 Å². The Bertz CT molecular complexity index is 992. The molecule has 2 aromatic carbocycles. The van der Waals surface area contributed by atoms with Crippen LogP contribution < -0.4 is 4.90 Å². The summed E-state index contributed by atoms with van der Waals surface area (Å²) < 4.78 is 7.87. The molecule has 3 aromatic rings. The molecular weight excluding hydrogens is 332 g/mol. The number of benzene rings is 2. The Morgan fingerprint density at radius 1 is 1.16 bits per heavy atom. The smallest absolute Gasteiger partial charge is 0.302 e. The first-order valence-corrected chi connectivity index (χ1v) is 8.42. The van der Waals surface area contributed by atoms with Crippen LogP contribution in [0.5, 0.6) is 0 Å². The van der Waals surface area contributed by atoms with Gasteiger partial charge in [0.1, 0.15) is 11.2 Å². The van der Waals surface area contributed by atoms with Crippen LogP contribution in [0.1, 0.15) is 12.5 Å². The normalized spacial score (nSPS) is 10.7. The number of fused-ring (bicyclic) bond motifs is 1. The van der Waals surface area contributed by atoms with Gasteiger partial charge in [0.15, 0.2) is 0 Å². The molecule has 1 heterocycles. The second-order valence-corrected chi connectivity index (χ2v) is 6.45. The average Bonchev–Trinajstić information content (AvgIpc) is 2.60. The molecule has 0 atom stereocenters. The van der Waals surface area contributed by atoms with Gasteiger partial charge in [-0.3, -0.25) is 4.79 Å². The third-order valence-electron chi connectivity index (χ3n) is 4.09. The van der Waals surface area contributed by atoms with Crippen LogP contribution in [-0.4, -0.2) is 24.6 Å². The monoisotopic (exact) mass is 352 g/mol. The van der Waals surface area contributed by atoms with Crippen molar-refractivity contribution in [1.29, 1.82) is 0 Å². The van der Waals surface area contributed by atoms with Crippen molar-refractivity contribution < 1.29 is 9.53 Å². The molecule has 25 heavy (non-hydrogen) atoms. The minimum Gasteiger partial charge on any atom is -0.461 e. The first kappa shape index (κ1) is 17.2. The molecule has 0 saturated heterocycles. The van der Waals surface area contributed by atoms with Crippen LogP contribution in [0.4, 0.5) is 5.69 Å². The Balaban J connectivity index is 2.11. The highest BCUT2D eigenvalue weighted by Crippen LogP contribution is 2.25. The number of para-hydroxylation sites is 1. The number of carbonyl (C=O) groups is 1. The van der Waals surface area contributed by atoms with E-state index in [9.17, 15) is 4.79 Å². The van der Waals surface area contributed by atoms with Crippen molar-refractivity contribution in [1.82, 2.24) is 4.57 Å². The Morgan fingerprint density at radius 2 is 1.92 bits per heavy atom. The van der Waals surface area contributed by atoms with Crippen LogP contribution in [0.3, 0.4) is 0 Å². The van der Waals surface area contributed by atoms with Crippen LogP contribution >= 0.6 is 12.2 Å². The number of esters is 1. The van der Waals surface area contributed by atoms with E-state index in [2.05, 4.69) is 29.2 Å². The third kappa shape index (κ3) is 3.56. The summed E-state index contributed by atoms with van der Waals surface area (Å²) in [5.41, 5.74) is 2.97. The maximum atomic E-state index is 11.1. The number of nitrogens with zero attached hydrogens (tertiary/aromatic N) is 2. The molecule has 5 heteroatoms. The Morgan fingerprint density at radius 3 is 2.64 bits per heavy atom. The molecule has 0 aliphatic heterocycles. The van der Waals surface area contributed by atoms with Crippen LogP contribution in [-0.2, 0) is 16.1 Å². The summed E-state index contributed by atoms with van der Waals surface area (Å²) in [5.74, 6) is -0.298. The van der Waals surface area contributed by atoms with Crippen molar-refractivity contribution in [2.24, 2.45) is 0 Å². The summed E-state index contributed by atoms with van der Waals surface area (Å²) in [5, 5.41) is 2.12. The summed E-state index contributed by atoms with van der Waals surface area (Å²) in [6.45, 7) is 1.64. The van der Waals surface area contributed by atoms with Gasteiger partial charge in [0, 0.05) is 43.9 Å². The number of hydrogen-bond acceptors (Lipinski definition) is 4. The topological polar surface area (TPSA) is 34.5 Å². The molecule has 4 nitrogen and oxygen atoms in total. The van der Waals surface area contributed by atoms with Gasteiger partial charge in [0.25, 0.3) is 0 Å². The summed E-state index contributed by atoms with van der Waals surface area (Å²) >= 11 is 5.72. The number of aromatic nitrogens is 1. The minimum atomic E-state index is -0.298. The van der Waals surface area contributed by atoms with Gasteiger partial charge < -0.3 is 14.2 Å². The Labute approximate surface area is 152 Å². The van der Waals surface area contributed by atoms with Crippen molar-refractivity contribution in [2.45, 2.75) is 13.5 Å². The molecule has 0 fully saturated rings. The number of ether oxygens (including phenoxy) is 1. The van der Waals surface area contributed by atoms with E-state index in [-0.39, 0.29) is 12.6 Å². The molecule has 0 aliphatic carbocycles. The van der Waals surface area contributed by atoms with E-state index in [1.807, 2.05) is 49.1 Å². The average molecular weight is 352 g/mol. The molecule has 0 aliphatic rings. The molecule has 0 saturated carbocycles. The molecule has 0 bridgehead atoms. The van der Waals surface area contributed by atoms with Gasteiger partial charge in [-0.1, -0.05) is 30.4 Å². The second-order valence-electron chi connectivity index (χ2n) is 6.07. The molecule has 0 amide bonds. The zero-order valence-corrected chi connectivity index (χ0v) is 15.3. The predicted octanol–water partition coefficient (Wildman–Crippen LogP) is 4.49. The van der Waals surface area contributed by atoms with Gasteiger partial charge in [0.2, 0.25) is 0 Å². The number of rotatable bonds is 4. The van der Waals surface area contributed by atoms with E-state index in [0.717, 1.165) is 32.4 Å². The molecule has 0 spiro atoms. The quantitative estimate of drug-likeness (QED) is 0.512. The first-order valence-electron chi connectivity index (χ1n) is 8.02. The number of hydrogen-bond donors (Lipinski definition) is 0. The van der Waals surface area contributed by atoms with Crippen LogP contribution in [0.25, 0.3) is 16.5 Å². The molecule has 3 rings (SSSR count).